The van der Waals surface area contributed by atoms with E-state index in [-0.39, 0.29) is 23.8 Å². The summed E-state index contributed by atoms with van der Waals surface area (Å²) < 4.78 is 0. The molecule has 0 aromatic heterocycles. The first-order chi connectivity index (χ1) is 10.7. The lowest BCUT2D eigenvalue weighted by molar-refractivity contribution is -0.137. The van der Waals surface area contributed by atoms with Gasteiger partial charge >= 0.3 is 0 Å². The van der Waals surface area contributed by atoms with Gasteiger partial charge in [0.2, 0.25) is 5.91 Å². The second kappa shape index (κ2) is 6.18. The second-order valence-corrected chi connectivity index (χ2v) is 6.06. The summed E-state index contributed by atoms with van der Waals surface area (Å²) in [6.45, 7) is 1.32. The zero-order chi connectivity index (χ0) is 15.5. The molecule has 1 saturated heterocycles. The Kier molecular flexibility index (Phi) is 4.10. The molecule has 0 bridgehead atoms. The number of rotatable bonds is 3. The predicted molar refractivity (Wildman–Crippen MR) is 80.9 cm³/mol. The Morgan fingerprint density at radius 2 is 2.09 bits per heavy atom. The first-order valence-corrected chi connectivity index (χ1v) is 7.77. The maximum Gasteiger partial charge on any atom is 0.251 e. The molecule has 1 aliphatic carbocycles. The van der Waals surface area contributed by atoms with Crippen LogP contribution < -0.4 is 5.32 Å². The molecule has 1 heterocycles. The fraction of sp³-hybridized carbons (Fsp3) is 0.471. The van der Waals surface area contributed by atoms with E-state index in [4.69, 9.17) is 5.26 Å². The Hall–Kier alpha value is -2.35. The van der Waals surface area contributed by atoms with Crippen molar-refractivity contribution in [1.82, 2.24) is 10.2 Å². The summed E-state index contributed by atoms with van der Waals surface area (Å²) in [4.78, 5) is 26.3. The van der Waals surface area contributed by atoms with Gasteiger partial charge < -0.3 is 10.2 Å². The monoisotopic (exact) mass is 297 g/mol. The van der Waals surface area contributed by atoms with Gasteiger partial charge in [0.15, 0.2) is 0 Å². The highest BCUT2D eigenvalue weighted by Gasteiger charge is 2.34. The number of nitriles is 1. The molecule has 0 spiro atoms. The van der Waals surface area contributed by atoms with E-state index >= 15 is 0 Å². The smallest absolute Gasteiger partial charge is 0.251 e. The molecule has 1 atom stereocenters. The fourth-order valence-corrected chi connectivity index (χ4v) is 2.99. The molecule has 1 aromatic rings. The number of carbonyl (C=O) groups is 2. The summed E-state index contributed by atoms with van der Waals surface area (Å²) in [6.07, 6.45) is 3.96. The quantitative estimate of drug-likeness (QED) is 0.922. The highest BCUT2D eigenvalue weighted by Crippen LogP contribution is 2.29. The van der Waals surface area contributed by atoms with Crippen molar-refractivity contribution in [3.63, 3.8) is 0 Å². The topological polar surface area (TPSA) is 73.2 Å². The van der Waals surface area contributed by atoms with Gasteiger partial charge in [-0.3, -0.25) is 9.59 Å². The fourth-order valence-electron chi connectivity index (χ4n) is 2.99. The summed E-state index contributed by atoms with van der Waals surface area (Å²) >= 11 is 0. The normalized spacial score (nSPS) is 21.0. The standard InChI is InChI=1S/C17H19N3O2/c18-10-12-3-1-6-14(9-12)16(21)19-15-7-8-20(11-15)17(22)13-4-2-5-13/h1,3,6,9,13,15H,2,4-5,7-8,11H2,(H,19,21). The molecule has 114 valence electrons. The van der Waals surface area contributed by atoms with Crippen LogP contribution in [0.1, 0.15) is 41.6 Å². The molecule has 2 aliphatic rings. The summed E-state index contributed by atoms with van der Waals surface area (Å²) in [5.41, 5.74) is 0.962. The molecule has 0 radical (unpaired) electrons. The Balaban J connectivity index is 1.56. The van der Waals surface area contributed by atoms with Crippen molar-refractivity contribution in [1.29, 1.82) is 5.26 Å². The Morgan fingerprint density at radius 3 is 2.77 bits per heavy atom. The van der Waals surface area contributed by atoms with Crippen molar-refractivity contribution in [3.05, 3.63) is 35.4 Å². The number of likely N-dealkylation sites (tertiary alicyclic amines) is 1. The summed E-state index contributed by atoms with van der Waals surface area (Å²) in [5, 5.41) is 11.8. The van der Waals surface area contributed by atoms with Gasteiger partial charge in [0.05, 0.1) is 11.6 Å². The molecule has 5 heteroatoms. The average Bonchev–Trinajstić information content (AvgIpc) is 2.94. The van der Waals surface area contributed by atoms with Crippen molar-refractivity contribution in [2.24, 2.45) is 5.92 Å². The average molecular weight is 297 g/mol. The largest absolute Gasteiger partial charge is 0.347 e. The molecule has 5 nitrogen and oxygen atoms in total. The number of hydrogen-bond donors (Lipinski definition) is 1. The number of benzene rings is 1. The molecule has 1 aromatic carbocycles. The number of nitrogens with one attached hydrogen (secondary N) is 1. The molecule has 1 aliphatic heterocycles. The van der Waals surface area contributed by atoms with Crippen LogP contribution in [0.15, 0.2) is 24.3 Å². The van der Waals surface area contributed by atoms with Crippen LogP contribution in [0.2, 0.25) is 0 Å². The zero-order valence-electron chi connectivity index (χ0n) is 12.4. The second-order valence-electron chi connectivity index (χ2n) is 6.06. The van der Waals surface area contributed by atoms with Crippen LogP contribution in [0.5, 0.6) is 0 Å². The minimum atomic E-state index is -0.181. The third-order valence-electron chi connectivity index (χ3n) is 4.54. The molecule has 1 unspecified atom stereocenters. The number of hydrogen-bond acceptors (Lipinski definition) is 3. The van der Waals surface area contributed by atoms with Gasteiger partial charge in [-0.2, -0.15) is 5.26 Å². The van der Waals surface area contributed by atoms with Crippen LogP contribution >= 0.6 is 0 Å². The van der Waals surface area contributed by atoms with E-state index in [0.29, 0.717) is 17.7 Å². The molecule has 2 amide bonds. The van der Waals surface area contributed by atoms with Crippen molar-refractivity contribution >= 4 is 11.8 Å². The number of nitrogens with zero attached hydrogens (tertiary/aromatic N) is 2. The number of carbonyl (C=O) groups excluding carboxylic acids is 2. The van der Waals surface area contributed by atoms with Crippen molar-refractivity contribution in [2.45, 2.75) is 31.7 Å². The lowest BCUT2D eigenvalue weighted by Gasteiger charge is -2.29. The highest BCUT2D eigenvalue weighted by atomic mass is 16.2. The van der Waals surface area contributed by atoms with Crippen LogP contribution in [-0.2, 0) is 4.79 Å². The van der Waals surface area contributed by atoms with E-state index in [1.165, 1.54) is 0 Å². The molecular formula is C17H19N3O2. The van der Waals surface area contributed by atoms with Gasteiger partial charge in [-0.05, 0) is 37.5 Å². The first-order valence-electron chi connectivity index (χ1n) is 7.77. The van der Waals surface area contributed by atoms with Gasteiger partial charge in [-0.15, -0.1) is 0 Å². The van der Waals surface area contributed by atoms with Crippen molar-refractivity contribution < 1.29 is 9.59 Å². The maximum atomic E-state index is 12.2. The first kappa shape index (κ1) is 14.6. The van der Waals surface area contributed by atoms with Crippen LogP contribution in [-0.4, -0.2) is 35.8 Å². The van der Waals surface area contributed by atoms with E-state index in [1.807, 2.05) is 11.0 Å². The van der Waals surface area contributed by atoms with Crippen LogP contribution in [0.4, 0.5) is 0 Å². The highest BCUT2D eigenvalue weighted by molar-refractivity contribution is 5.94. The molecule has 1 N–H and O–H groups in total. The van der Waals surface area contributed by atoms with Crippen molar-refractivity contribution in [3.8, 4) is 6.07 Å². The lowest BCUT2D eigenvalue weighted by atomic mass is 9.84. The molecule has 3 rings (SSSR count). The van der Waals surface area contributed by atoms with Crippen LogP contribution in [0, 0.1) is 17.2 Å². The third-order valence-corrected chi connectivity index (χ3v) is 4.54. The summed E-state index contributed by atoms with van der Waals surface area (Å²) in [6, 6.07) is 8.69. The van der Waals surface area contributed by atoms with E-state index in [1.54, 1.807) is 24.3 Å². The van der Waals surface area contributed by atoms with E-state index in [9.17, 15) is 9.59 Å². The van der Waals surface area contributed by atoms with Crippen molar-refractivity contribution in [2.75, 3.05) is 13.1 Å². The zero-order valence-corrected chi connectivity index (χ0v) is 12.4. The molecule has 2 fully saturated rings. The lowest BCUT2D eigenvalue weighted by Crippen LogP contribution is -2.41. The Morgan fingerprint density at radius 1 is 1.27 bits per heavy atom. The van der Waals surface area contributed by atoms with Gasteiger partial charge in [0.25, 0.3) is 5.91 Å². The Bertz CT molecular complexity index is 631. The van der Waals surface area contributed by atoms with Crippen LogP contribution in [0.25, 0.3) is 0 Å². The number of amides is 2. The summed E-state index contributed by atoms with van der Waals surface area (Å²) in [7, 11) is 0. The van der Waals surface area contributed by atoms with Gasteiger partial charge in [0.1, 0.15) is 0 Å². The molecule has 1 saturated carbocycles. The van der Waals surface area contributed by atoms with Gasteiger partial charge in [-0.1, -0.05) is 12.5 Å². The predicted octanol–water partition coefficient (Wildman–Crippen LogP) is 1.69. The Labute approximate surface area is 129 Å². The van der Waals surface area contributed by atoms with E-state index in [2.05, 4.69) is 5.32 Å². The summed E-state index contributed by atoms with van der Waals surface area (Å²) in [5.74, 6) is 0.274. The SMILES string of the molecule is N#Cc1cccc(C(=O)NC2CCN(C(=O)C3CCC3)C2)c1. The van der Waals surface area contributed by atoms with Gasteiger partial charge in [-0.25, -0.2) is 0 Å². The minimum absolute atomic E-state index is 0.00210. The minimum Gasteiger partial charge on any atom is -0.347 e. The maximum absolute atomic E-state index is 12.2. The molecular weight excluding hydrogens is 278 g/mol. The van der Waals surface area contributed by atoms with Crippen LogP contribution in [0.3, 0.4) is 0 Å². The van der Waals surface area contributed by atoms with Gasteiger partial charge in [0, 0.05) is 30.6 Å². The van der Waals surface area contributed by atoms with E-state index in [0.717, 1.165) is 32.2 Å². The van der Waals surface area contributed by atoms with E-state index < -0.39 is 0 Å². The third kappa shape index (κ3) is 2.96. The molecule has 22 heavy (non-hydrogen) atoms.